The van der Waals surface area contributed by atoms with Crippen molar-refractivity contribution in [3.8, 4) is 0 Å². The Morgan fingerprint density at radius 1 is 1.02 bits per heavy atom. The number of Topliss-reactive ketones (excluding diaryl/α,β-unsaturated/α-hetero) is 1. The first-order valence-electron chi connectivity index (χ1n) is 18.8. The van der Waals surface area contributed by atoms with Gasteiger partial charge in [0.15, 0.2) is 0 Å². The van der Waals surface area contributed by atoms with Crippen LogP contribution in [-0.2, 0) is 30.2 Å². The van der Waals surface area contributed by atoms with E-state index in [0.717, 1.165) is 64.2 Å². The van der Waals surface area contributed by atoms with Gasteiger partial charge >= 0.3 is 6.03 Å². The number of hydrogen-bond acceptors (Lipinski definition) is 6. The average Bonchev–Trinajstić information content (AvgIpc) is 3.65. The second-order valence-corrected chi connectivity index (χ2v) is 17.8. The lowest BCUT2D eigenvalue weighted by Crippen LogP contribution is -2.61. The van der Waals surface area contributed by atoms with E-state index in [1.54, 1.807) is 22.5 Å². The fourth-order valence-electron chi connectivity index (χ4n) is 8.51. The molecule has 5 amide bonds. The van der Waals surface area contributed by atoms with Crippen molar-refractivity contribution in [3.05, 3.63) is 12.7 Å². The van der Waals surface area contributed by atoms with Gasteiger partial charge in [-0.15, -0.1) is 6.58 Å². The van der Waals surface area contributed by atoms with Crippen LogP contribution >= 0.6 is 0 Å². The highest BCUT2D eigenvalue weighted by Gasteiger charge is 2.64. The van der Waals surface area contributed by atoms with Crippen LogP contribution in [0.15, 0.2) is 12.7 Å². The summed E-state index contributed by atoms with van der Waals surface area (Å²) in [5.74, 6) is -2.06. The highest BCUT2D eigenvalue weighted by molar-refractivity contribution is 7.81. The minimum Gasteiger partial charge on any atom is -0.346 e. The Morgan fingerprint density at radius 3 is 2.28 bits per heavy atom. The molecule has 0 aromatic heterocycles. The molecule has 4 rings (SSSR count). The SMILES string of the molecule is C=CCNC(=O)C(=O)C(CCCC)NC(=O)[C@@H]1[C@H]2CCC3(CC3)[C@H]2CN1C(=O)[C@@H](NC(=O)N[C@H](CN(C)S(C)=O)C(C)(C)C)C1CCCCC1. The summed E-state index contributed by atoms with van der Waals surface area (Å²) in [6, 6.07) is -3.41. The van der Waals surface area contributed by atoms with E-state index in [1.807, 2.05) is 27.7 Å². The molecule has 7 atom stereocenters. The Balaban J connectivity index is 1.60. The molecular formula is C37H62N6O6S. The number of nitrogens with zero attached hydrogens (tertiary/aromatic N) is 2. The van der Waals surface area contributed by atoms with E-state index in [0.29, 0.717) is 25.9 Å². The number of likely N-dealkylation sites (N-methyl/N-ethyl adjacent to an activating group) is 1. The molecule has 1 aliphatic heterocycles. The summed E-state index contributed by atoms with van der Waals surface area (Å²) in [6.07, 6.45) is 13.5. The third-order valence-corrected chi connectivity index (χ3v) is 12.9. The van der Waals surface area contributed by atoms with Gasteiger partial charge < -0.3 is 26.2 Å². The molecule has 4 N–H and O–H groups in total. The number of hydrogen-bond donors (Lipinski definition) is 4. The predicted octanol–water partition coefficient (Wildman–Crippen LogP) is 3.44. The van der Waals surface area contributed by atoms with E-state index >= 15 is 0 Å². The Morgan fingerprint density at radius 2 is 1.70 bits per heavy atom. The van der Waals surface area contributed by atoms with E-state index in [2.05, 4.69) is 27.8 Å². The number of nitrogens with one attached hydrogen (secondary N) is 4. The standard InChI is InChI=1S/C37H62N6O6S/c1-8-10-16-27(31(44)33(46)38-21-9-2)39-32(45)30-25-17-18-37(19-20-37)26(25)22-43(30)34(47)29(24-14-12-11-13-15-24)41-35(48)40-28(36(3,4)5)23-42(6)50(7)49/h9,24-30H,2,8,10-23H2,1,3-7H3,(H,38,46)(H,39,45)(H2,40,41,48)/t25-,26-,27?,28+,29-,30-,50?/m0/s1. The van der Waals surface area contributed by atoms with Crippen LogP contribution in [0.4, 0.5) is 4.79 Å². The van der Waals surface area contributed by atoms with Gasteiger partial charge in [0.05, 0.1) is 17.0 Å². The molecule has 0 bridgehead atoms. The minimum atomic E-state index is -1.21. The van der Waals surface area contributed by atoms with Gasteiger partial charge in [-0.3, -0.25) is 19.2 Å². The Hall–Kier alpha value is -2.80. The minimum absolute atomic E-state index is 0.0467. The largest absolute Gasteiger partial charge is 0.346 e. The van der Waals surface area contributed by atoms with Crippen LogP contribution in [0.2, 0.25) is 0 Å². The summed E-state index contributed by atoms with van der Waals surface area (Å²) >= 11 is 0. The molecule has 3 saturated carbocycles. The molecule has 4 aliphatic rings. The van der Waals surface area contributed by atoms with Crippen LogP contribution in [0.25, 0.3) is 0 Å². The lowest BCUT2D eigenvalue weighted by molar-refractivity contribution is -0.144. The van der Waals surface area contributed by atoms with Crippen LogP contribution in [-0.4, -0.2) is 100 Å². The molecule has 2 unspecified atom stereocenters. The van der Waals surface area contributed by atoms with Crippen LogP contribution < -0.4 is 21.3 Å². The zero-order valence-corrected chi connectivity index (χ0v) is 32.0. The Kier molecular flexibility index (Phi) is 13.7. The predicted molar refractivity (Wildman–Crippen MR) is 195 cm³/mol. The summed E-state index contributed by atoms with van der Waals surface area (Å²) in [4.78, 5) is 70.6. The molecule has 0 radical (unpaired) electrons. The monoisotopic (exact) mass is 718 g/mol. The lowest BCUT2D eigenvalue weighted by Gasteiger charge is -2.37. The topological polar surface area (TPSA) is 157 Å². The number of ketones is 1. The summed E-state index contributed by atoms with van der Waals surface area (Å²) in [5, 5.41) is 11.6. The van der Waals surface area contributed by atoms with Crippen LogP contribution in [0.5, 0.6) is 0 Å². The molecule has 3 aliphatic carbocycles. The number of carbonyl (C=O) groups is 5. The third kappa shape index (κ3) is 9.54. The maximum Gasteiger partial charge on any atom is 0.315 e. The van der Waals surface area contributed by atoms with Gasteiger partial charge in [-0.05, 0) is 80.6 Å². The summed E-state index contributed by atoms with van der Waals surface area (Å²) < 4.78 is 13.8. The maximum atomic E-state index is 14.8. The number of likely N-dealkylation sites (tertiary alicyclic amines) is 1. The number of unbranched alkanes of at least 4 members (excludes halogenated alkanes) is 1. The number of fused-ring (bicyclic) bond motifs is 2. The molecule has 1 heterocycles. The summed E-state index contributed by atoms with van der Waals surface area (Å²) in [6.45, 7) is 12.6. The van der Waals surface area contributed by atoms with Crippen molar-refractivity contribution in [2.75, 3.05) is 32.9 Å². The van der Waals surface area contributed by atoms with Crippen molar-refractivity contribution in [3.63, 3.8) is 0 Å². The second-order valence-electron chi connectivity index (χ2n) is 16.3. The van der Waals surface area contributed by atoms with Gasteiger partial charge in [0.2, 0.25) is 17.6 Å². The second kappa shape index (κ2) is 17.1. The van der Waals surface area contributed by atoms with Crippen molar-refractivity contribution in [1.29, 1.82) is 0 Å². The number of rotatable bonds is 16. The molecule has 13 heteroatoms. The molecule has 4 fully saturated rings. The smallest absolute Gasteiger partial charge is 0.315 e. The summed E-state index contributed by atoms with van der Waals surface area (Å²) in [7, 11) is 0.534. The van der Waals surface area contributed by atoms with Crippen molar-refractivity contribution in [1.82, 2.24) is 30.5 Å². The Bertz CT molecular complexity index is 1290. The zero-order valence-electron chi connectivity index (χ0n) is 31.2. The first-order chi connectivity index (χ1) is 23.6. The number of carbonyl (C=O) groups excluding carboxylic acids is 5. The normalized spacial score (nSPS) is 25.3. The van der Waals surface area contributed by atoms with Crippen LogP contribution in [0.1, 0.15) is 105 Å². The van der Waals surface area contributed by atoms with Crippen molar-refractivity contribution < 1.29 is 28.2 Å². The first-order valence-corrected chi connectivity index (χ1v) is 20.3. The summed E-state index contributed by atoms with van der Waals surface area (Å²) in [5.41, 5.74) is -0.200. The van der Waals surface area contributed by atoms with Crippen LogP contribution in [0, 0.1) is 28.6 Å². The molecule has 0 aromatic carbocycles. The van der Waals surface area contributed by atoms with Gasteiger partial charge in [-0.1, -0.05) is 65.9 Å². The van der Waals surface area contributed by atoms with Crippen molar-refractivity contribution in [2.24, 2.45) is 28.6 Å². The van der Waals surface area contributed by atoms with E-state index in [4.69, 9.17) is 0 Å². The van der Waals surface area contributed by atoms with Crippen molar-refractivity contribution in [2.45, 2.75) is 129 Å². The maximum absolute atomic E-state index is 14.8. The van der Waals surface area contributed by atoms with Crippen molar-refractivity contribution >= 4 is 40.5 Å². The third-order valence-electron chi connectivity index (χ3n) is 11.9. The fraction of sp³-hybridized carbons (Fsp3) is 0.811. The quantitative estimate of drug-likeness (QED) is 0.142. The molecule has 282 valence electrons. The molecule has 12 nitrogen and oxygen atoms in total. The lowest BCUT2D eigenvalue weighted by atomic mass is 9.83. The van der Waals surface area contributed by atoms with E-state index < -0.39 is 52.7 Å². The Labute approximate surface area is 301 Å². The molecule has 1 spiro atoms. The van der Waals surface area contributed by atoms with Gasteiger partial charge in [0.25, 0.3) is 5.91 Å². The van der Waals surface area contributed by atoms with Gasteiger partial charge in [0, 0.05) is 31.9 Å². The van der Waals surface area contributed by atoms with E-state index in [1.165, 1.54) is 6.08 Å². The first kappa shape index (κ1) is 40.0. The molecular weight excluding hydrogens is 657 g/mol. The molecule has 50 heavy (non-hydrogen) atoms. The van der Waals surface area contributed by atoms with Crippen LogP contribution in [0.3, 0.4) is 0 Å². The number of amides is 5. The average molecular weight is 719 g/mol. The molecule has 0 aromatic rings. The number of urea groups is 1. The van der Waals surface area contributed by atoms with E-state index in [9.17, 15) is 28.2 Å². The zero-order chi connectivity index (χ0) is 36.8. The highest BCUT2D eigenvalue weighted by atomic mass is 32.2. The van der Waals surface area contributed by atoms with Gasteiger partial charge in [0.1, 0.15) is 12.1 Å². The fourth-order valence-corrected chi connectivity index (χ4v) is 8.87. The van der Waals surface area contributed by atoms with Gasteiger partial charge in [-0.2, -0.15) is 0 Å². The van der Waals surface area contributed by atoms with E-state index in [-0.39, 0.29) is 47.1 Å². The highest BCUT2D eigenvalue weighted by Crippen LogP contribution is 2.66. The molecule has 1 saturated heterocycles. The van der Waals surface area contributed by atoms with Gasteiger partial charge in [-0.25, -0.2) is 13.3 Å².